The van der Waals surface area contributed by atoms with Gasteiger partial charge in [0.05, 0.1) is 12.1 Å². The van der Waals surface area contributed by atoms with E-state index >= 15 is 0 Å². The van der Waals surface area contributed by atoms with Crippen LogP contribution in [0.4, 0.5) is 4.39 Å². The minimum absolute atomic E-state index is 0.276. The summed E-state index contributed by atoms with van der Waals surface area (Å²) in [6.07, 6.45) is 2.75. The molecule has 2 aromatic rings. The highest BCUT2D eigenvalue weighted by Gasteiger charge is 2.04. The first-order valence-corrected chi connectivity index (χ1v) is 6.10. The lowest BCUT2D eigenvalue weighted by Gasteiger charge is -2.10. The molecule has 0 aliphatic carbocycles. The molecule has 1 aromatic heterocycles. The van der Waals surface area contributed by atoms with Gasteiger partial charge in [-0.15, -0.1) is 11.6 Å². The number of rotatable bonds is 4. The number of pyridine rings is 1. The molecule has 94 valence electrons. The average Bonchev–Trinajstić information content (AvgIpc) is 2.37. The highest BCUT2D eigenvalue weighted by Crippen LogP contribution is 2.22. The Morgan fingerprint density at radius 2 is 2.11 bits per heavy atom. The van der Waals surface area contributed by atoms with Crippen LogP contribution in [0.15, 0.2) is 36.7 Å². The zero-order valence-corrected chi connectivity index (χ0v) is 10.7. The molecule has 0 spiro atoms. The molecular formula is C14H13ClFNO. The third-order valence-electron chi connectivity index (χ3n) is 2.52. The molecule has 0 fully saturated rings. The SMILES string of the molecule is Cc1ccc(OCc2cncc(F)c2)c(CCl)c1. The lowest BCUT2D eigenvalue weighted by molar-refractivity contribution is 0.302. The van der Waals surface area contributed by atoms with Crippen LogP contribution < -0.4 is 4.74 Å². The average molecular weight is 266 g/mol. The van der Waals surface area contributed by atoms with Crippen molar-refractivity contribution in [1.29, 1.82) is 0 Å². The molecule has 0 atom stereocenters. The number of alkyl halides is 1. The Bertz CT molecular complexity index is 545. The highest BCUT2D eigenvalue weighted by molar-refractivity contribution is 6.17. The maximum absolute atomic E-state index is 13.0. The van der Waals surface area contributed by atoms with E-state index in [-0.39, 0.29) is 12.4 Å². The molecule has 0 N–H and O–H groups in total. The molecule has 0 amide bonds. The van der Waals surface area contributed by atoms with Gasteiger partial charge in [-0.05, 0) is 19.1 Å². The van der Waals surface area contributed by atoms with Crippen LogP contribution in [0.2, 0.25) is 0 Å². The van der Waals surface area contributed by atoms with Crippen molar-refractivity contribution >= 4 is 11.6 Å². The summed E-state index contributed by atoms with van der Waals surface area (Å²) < 4.78 is 18.6. The zero-order chi connectivity index (χ0) is 13.0. The third kappa shape index (κ3) is 3.20. The van der Waals surface area contributed by atoms with Crippen molar-refractivity contribution in [2.45, 2.75) is 19.4 Å². The Labute approximate surface area is 110 Å². The first-order valence-electron chi connectivity index (χ1n) is 5.57. The molecule has 0 aliphatic heterocycles. The van der Waals surface area contributed by atoms with E-state index in [9.17, 15) is 4.39 Å². The fourth-order valence-corrected chi connectivity index (χ4v) is 1.86. The van der Waals surface area contributed by atoms with E-state index in [0.717, 1.165) is 16.9 Å². The van der Waals surface area contributed by atoms with Crippen LogP contribution >= 0.6 is 11.6 Å². The molecule has 2 nitrogen and oxygen atoms in total. The molecule has 0 saturated heterocycles. The van der Waals surface area contributed by atoms with Crippen LogP contribution in [0.5, 0.6) is 5.75 Å². The standard InChI is InChI=1S/C14H13ClFNO/c1-10-2-3-14(12(4-10)6-15)18-9-11-5-13(16)8-17-7-11/h2-5,7-8H,6,9H2,1H3. The van der Waals surface area contributed by atoms with Gasteiger partial charge < -0.3 is 4.74 Å². The fraction of sp³-hybridized carbons (Fsp3) is 0.214. The van der Waals surface area contributed by atoms with Crippen molar-refractivity contribution in [3.8, 4) is 5.75 Å². The van der Waals surface area contributed by atoms with Crippen LogP contribution in [0, 0.1) is 12.7 Å². The van der Waals surface area contributed by atoms with E-state index in [1.165, 1.54) is 12.3 Å². The second kappa shape index (κ2) is 5.83. The van der Waals surface area contributed by atoms with E-state index in [1.54, 1.807) is 6.20 Å². The van der Waals surface area contributed by atoms with Crippen molar-refractivity contribution in [1.82, 2.24) is 4.98 Å². The predicted octanol–water partition coefficient (Wildman–Crippen LogP) is 3.85. The van der Waals surface area contributed by atoms with E-state index < -0.39 is 0 Å². The van der Waals surface area contributed by atoms with Gasteiger partial charge in [-0.2, -0.15) is 0 Å². The quantitative estimate of drug-likeness (QED) is 0.784. The van der Waals surface area contributed by atoms with Crippen LogP contribution in [0.25, 0.3) is 0 Å². The summed E-state index contributed by atoms with van der Waals surface area (Å²) in [6.45, 7) is 2.27. The third-order valence-corrected chi connectivity index (χ3v) is 2.80. The van der Waals surface area contributed by atoms with Crippen LogP contribution in [-0.2, 0) is 12.5 Å². The molecule has 1 aromatic carbocycles. The number of aromatic nitrogens is 1. The van der Waals surface area contributed by atoms with Crippen molar-refractivity contribution in [2.75, 3.05) is 0 Å². The summed E-state index contributed by atoms with van der Waals surface area (Å²) in [4.78, 5) is 3.77. The second-order valence-corrected chi connectivity index (χ2v) is 4.31. The van der Waals surface area contributed by atoms with Crippen molar-refractivity contribution in [2.24, 2.45) is 0 Å². The number of nitrogens with zero attached hydrogens (tertiary/aromatic N) is 1. The second-order valence-electron chi connectivity index (χ2n) is 4.04. The Balaban J connectivity index is 2.10. The van der Waals surface area contributed by atoms with E-state index in [2.05, 4.69) is 4.98 Å². The van der Waals surface area contributed by atoms with Crippen molar-refractivity contribution in [3.05, 3.63) is 59.2 Å². The maximum atomic E-state index is 13.0. The summed E-state index contributed by atoms with van der Waals surface area (Å²) in [7, 11) is 0. The normalized spacial score (nSPS) is 10.4. The molecule has 2 rings (SSSR count). The minimum atomic E-state index is -0.363. The largest absolute Gasteiger partial charge is 0.489 e. The molecule has 18 heavy (non-hydrogen) atoms. The van der Waals surface area contributed by atoms with Crippen LogP contribution in [0.1, 0.15) is 16.7 Å². The smallest absolute Gasteiger partial charge is 0.141 e. The van der Waals surface area contributed by atoms with Gasteiger partial charge in [0.2, 0.25) is 0 Å². The lowest BCUT2D eigenvalue weighted by Crippen LogP contribution is -1.99. The Kier molecular flexibility index (Phi) is 4.15. The maximum Gasteiger partial charge on any atom is 0.141 e. The number of halogens is 2. The molecule has 0 aliphatic rings. The van der Waals surface area contributed by atoms with Gasteiger partial charge in [-0.25, -0.2) is 4.39 Å². The van der Waals surface area contributed by atoms with Crippen LogP contribution in [-0.4, -0.2) is 4.98 Å². The summed E-state index contributed by atoms with van der Waals surface area (Å²) in [5.74, 6) is 0.746. The van der Waals surface area contributed by atoms with Gasteiger partial charge in [-0.3, -0.25) is 4.98 Å². The first kappa shape index (κ1) is 12.8. The number of hydrogen-bond acceptors (Lipinski definition) is 2. The number of ether oxygens (including phenoxy) is 1. The number of aryl methyl sites for hydroxylation is 1. The molecule has 0 saturated carbocycles. The molecule has 0 bridgehead atoms. The molecule has 4 heteroatoms. The summed E-state index contributed by atoms with van der Waals surface area (Å²) in [5.41, 5.74) is 2.75. The molecule has 1 heterocycles. The predicted molar refractivity (Wildman–Crippen MR) is 69.3 cm³/mol. The number of benzene rings is 1. The Morgan fingerprint density at radius 3 is 2.83 bits per heavy atom. The topological polar surface area (TPSA) is 22.1 Å². The Morgan fingerprint density at radius 1 is 1.28 bits per heavy atom. The zero-order valence-electron chi connectivity index (χ0n) is 9.99. The first-order chi connectivity index (χ1) is 8.69. The van der Waals surface area contributed by atoms with Crippen LogP contribution in [0.3, 0.4) is 0 Å². The molecule has 0 radical (unpaired) electrons. The van der Waals surface area contributed by atoms with Gasteiger partial charge in [-0.1, -0.05) is 17.7 Å². The monoisotopic (exact) mass is 265 g/mol. The molecule has 0 unspecified atom stereocenters. The highest BCUT2D eigenvalue weighted by atomic mass is 35.5. The fourth-order valence-electron chi connectivity index (χ4n) is 1.65. The van der Waals surface area contributed by atoms with Gasteiger partial charge >= 0.3 is 0 Å². The lowest BCUT2D eigenvalue weighted by atomic mass is 10.1. The van der Waals surface area contributed by atoms with E-state index in [0.29, 0.717) is 11.4 Å². The van der Waals surface area contributed by atoms with Gasteiger partial charge in [0.1, 0.15) is 18.2 Å². The minimum Gasteiger partial charge on any atom is -0.489 e. The summed E-state index contributed by atoms with van der Waals surface area (Å²) in [6, 6.07) is 7.21. The summed E-state index contributed by atoms with van der Waals surface area (Å²) in [5, 5.41) is 0. The number of hydrogen-bond donors (Lipinski definition) is 0. The Hall–Kier alpha value is -1.61. The van der Waals surface area contributed by atoms with E-state index in [4.69, 9.17) is 16.3 Å². The van der Waals surface area contributed by atoms with E-state index in [1.807, 2.05) is 25.1 Å². The van der Waals surface area contributed by atoms with Gasteiger partial charge in [0.25, 0.3) is 0 Å². The molecular weight excluding hydrogens is 253 g/mol. The van der Waals surface area contributed by atoms with Gasteiger partial charge in [0.15, 0.2) is 0 Å². The van der Waals surface area contributed by atoms with Gasteiger partial charge in [0, 0.05) is 17.3 Å². The van der Waals surface area contributed by atoms with Crippen molar-refractivity contribution < 1.29 is 9.13 Å². The van der Waals surface area contributed by atoms with Crippen molar-refractivity contribution in [3.63, 3.8) is 0 Å². The summed E-state index contributed by atoms with van der Waals surface area (Å²) >= 11 is 5.86.